The maximum Gasteiger partial charge on any atom is 0.407 e. The normalized spacial score (nSPS) is 12.2. The molecule has 17 nitrogen and oxygen atoms in total. The van der Waals surface area contributed by atoms with Crippen LogP contribution in [0.4, 0.5) is 49.1 Å². The molecule has 0 fully saturated rings. The van der Waals surface area contributed by atoms with Crippen LogP contribution in [-0.4, -0.2) is 63.3 Å². The molecule has 4 atom stereocenters. The Hall–Kier alpha value is -8.22. The first-order valence-electron chi connectivity index (χ1n) is 18.3. The molecule has 4 aromatic carbocycles. The van der Waals surface area contributed by atoms with E-state index in [4.69, 9.17) is 34.6 Å². The predicted molar refractivity (Wildman–Crippen MR) is 227 cm³/mol. The molecular weight excluding hydrogens is 883 g/mol. The number of nitrogen functional groups attached to an aromatic ring is 1. The second kappa shape index (κ2) is 24.6. The van der Waals surface area contributed by atoms with Gasteiger partial charge in [0, 0.05) is 22.5 Å². The number of hydrogen-bond acceptors (Lipinski definition) is 11. The minimum atomic E-state index is -4.79. The van der Waals surface area contributed by atoms with Crippen molar-refractivity contribution in [1.29, 1.82) is 10.5 Å². The molecule has 0 aliphatic heterocycles. The van der Waals surface area contributed by atoms with Crippen LogP contribution < -0.4 is 32.8 Å². The van der Waals surface area contributed by atoms with E-state index >= 15 is 0 Å². The van der Waals surface area contributed by atoms with E-state index in [0.29, 0.717) is 16.7 Å². The summed E-state index contributed by atoms with van der Waals surface area (Å²) in [7, 11) is 0. The van der Waals surface area contributed by atoms with Crippen LogP contribution in [0.3, 0.4) is 0 Å². The average molecular weight is 925 g/mol. The lowest BCUT2D eigenvalue weighted by Gasteiger charge is -2.24. The molecular formula is C43H42F6N10O7. The van der Waals surface area contributed by atoms with Crippen molar-refractivity contribution < 1.29 is 60.8 Å². The molecule has 348 valence electrons. The zero-order chi connectivity index (χ0) is 49.4. The maximum atomic E-state index is 13.4. The van der Waals surface area contributed by atoms with E-state index in [1.807, 2.05) is 17.6 Å². The van der Waals surface area contributed by atoms with Gasteiger partial charge in [-0.25, -0.2) is 20.3 Å². The molecule has 0 aliphatic rings. The topological polar surface area (TPSA) is 271 Å². The molecule has 0 bridgehead atoms. The lowest BCUT2D eigenvalue weighted by molar-refractivity contribution is -0.140. The summed E-state index contributed by atoms with van der Waals surface area (Å²) in [5, 5.41) is 50.4. The summed E-state index contributed by atoms with van der Waals surface area (Å²) in [6.07, 6.45) is -12.2. The van der Waals surface area contributed by atoms with E-state index < -0.39 is 76.9 Å². The van der Waals surface area contributed by atoms with E-state index in [1.165, 1.54) is 50.2 Å². The molecule has 0 saturated carbocycles. The number of carboxylic acid groups (broad SMARTS) is 1. The van der Waals surface area contributed by atoms with Gasteiger partial charge in [-0.2, -0.15) is 36.9 Å². The van der Waals surface area contributed by atoms with Crippen molar-refractivity contribution in [3.63, 3.8) is 0 Å². The van der Waals surface area contributed by atoms with E-state index in [9.17, 15) is 55.7 Å². The highest BCUT2D eigenvalue weighted by molar-refractivity contribution is 5.96. The zero-order valence-corrected chi connectivity index (χ0v) is 34.3. The third-order valence-electron chi connectivity index (χ3n) is 8.81. The Balaban J connectivity index is 0.000000548. The fourth-order valence-electron chi connectivity index (χ4n) is 5.48. The van der Waals surface area contributed by atoms with Crippen molar-refractivity contribution in [3.05, 3.63) is 140 Å². The third-order valence-corrected chi connectivity index (χ3v) is 8.81. The molecule has 0 unspecified atom stereocenters. The van der Waals surface area contributed by atoms with Crippen LogP contribution in [-0.2, 0) is 21.9 Å². The van der Waals surface area contributed by atoms with Gasteiger partial charge in [0.15, 0.2) is 17.4 Å². The summed E-state index contributed by atoms with van der Waals surface area (Å²) in [4.78, 5) is 52.2. The third kappa shape index (κ3) is 15.2. The lowest BCUT2D eigenvalue weighted by Crippen LogP contribution is -2.52. The fourth-order valence-corrected chi connectivity index (χ4v) is 5.48. The number of carbonyl (C=O) groups excluding carboxylic acids is 3. The largest absolute Gasteiger partial charge is 0.480 e. The number of hydrogen-bond donors (Lipinski definition) is 9. The Kier molecular flexibility index (Phi) is 20.8. The number of alkyl halides is 6. The Labute approximate surface area is 374 Å². The van der Waals surface area contributed by atoms with Gasteiger partial charge in [-0.3, -0.25) is 30.7 Å². The number of anilines is 2. The molecule has 0 heterocycles. The summed E-state index contributed by atoms with van der Waals surface area (Å²) < 4.78 is 79.1. The minimum absolute atomic E-state index is 0. The highest BCUT2D eigenvalue weighted by Gasteiger charge is 2.38. The Bertz CT molecular complexity index is 2540. The number of halogens is 6. The van der Waals surface area contributed by atoms with Crippen molar-refractivity contribution in [2.24, 2.45) is 5.84 Å². The number of aliphatic hydroxyl groups is 2. The van der Waals surface area contributed by atoms with Crippen molar-refractivity contribution in [2.45, 2.75) is 71.8 Å². The monoisotopic (exact) mass is 924 g/mol. The first kappa shape index (κ1) is 55.8. The van der Waals surface area contributed by atoms with E-state index in [2.05, 4.69) is 31.2 Å². The van der Waals surface area contributed by atoms with Crippen LogP contribution in [0.15, 0.2) is 72.8 Å². The zero-order valence-electron chi connectivity index (χ0n) is 34.3. The van der Waals surface area contributed by atoms with Gasteiger partial charge in [0.1, 0.15) is 6.04 Å². The van der Waals surface area contributed by atoms with E-state index in [1.54, 1.807) is 24.3 Å². The summed E-state index contributed by atoms with van der Waals surface area (Å²) in [6.45, 7) is 18.5. The standard InChI is InChI=1S/C21H18F3N5O3.C13H13F3N2O3.C8H7N3O.CH4/c1-11-15(8-9-16(26-3)17(11)21(22,23)24)27-18(12(2)30)20(32)29-28-19(31)14-6-4-13(10-25)5-7-14;1-6-8(18-11(7(2)19)12(20)21)4-5-9(17-3)10(6)13(14,15)16;9-5-6-1-3-7(4-2-6)8(12)11-10;/h4-9,12,18,27,30H,1-2H3,(H,28,31)(H,29,32);4-5,7,11,18-19H,1-2H3,(H,20,21);1-4H,10H2,(H,11,12);1H4/t12-,18-;7-,11-;;/m11../s1. The average Bonchev–Trinajstić information content (AvgIpc) is 3.25. The maximum absolute atomic E-state index is 13.4. The molecule has 23 heteroatoms. The number of carbonyl (C=O) groups is 4. The minimum Gasteiger partial charge on any atom is -0.480 e. The highest BCUT2D eigenvalue weighted by atomic mass is 19.4. The summed E-state index contributed by atoms with van der Waals surface area (Å²) >= 11 is 0. The Morgan fingerprint density at radius 1 is 0.652 bits per heavy atom. The number of rotatable bonds is 10. The quantitative estimate of drug-likeness (QED) is 0.0265. The first-order valence-corrected chi connectivity index (χ1v) is 18.3. The SMILES string of the molecule is C.N#Cc1ccc(C(=O)NN)cc1.[C-]#[N+]c1ccc(N[C@@H](C(=O)NNC(=O)c2ccc(C#N)cc2)[C@@H](C)O)c(C)c1C(F)(F)F.[C-]#[N+]c1ccc(N[C@@H](C(=O)O)[C@@H](C)O)c(C)c1C(F)(F)F. The highest BCUT2D eigenvalue weighted by Crippen LogP contribution is 2.42. The van der Waals surface area contributed by atoms with E-state index in [0.717, 1.165) is 26.0 Å². The molecule has 0 aromatic heterocycles. The molecule has 0 spiro atoms. The smallest absolute Gasteiger partial charge is 0.407 e. The molecule has 10 N–H and O–H groups in total. The van der Waals surface area contributed by atoms with Crippen molar-refractivity contribution in [2.75, 3.05) is 10.6 Å². The van der Waals surface area contributed by atoms with Gasteiger partial charge in [-0.1, -0.05) is 19.6 Å². The molecule has 0 aliphatic carbocycles. The van der Waals surface area contributed by atoms with Crippen molar-refractivity contribution in [3.8, 4) is 12.1 Å². The fraction of sp³-hybridized carbons (Fsp3) is 0.256. The molecule has 0 saturated heterocycles. The molecule has 4 rings (SSSR count). The van der Waals surface area contributed by atoms with Gasteiger partial charge in [-0.15, -0.1) is 0 Å². The number of benzene rings is 4. The number of nitriles is 2. The Morgan fingerprint density at radius 3 is 1.32 bits per heavy atom. The second-order valence-electron chi connectivity index (χ2n) is 13.3. The summed E-state index contributed by atoms with van der Waals surface area (Å²) in [5.41, 5.74) is 3.46. The molecule has 4 aromatic rings. The first-order chi connectivity index (χ1) is 30.4. The van der Waals surface area contributed by atoms with E-state index in [-0.39, 0.29) is 41.4 Å². The van der Waals surface area contributed by atoms with Crippen LogP contribution in [0.25, 0.3) is 9.69 Å². The van der Waals surface area contributed by atoms with Crippen molar-refractivity contribution in [1.82, 2.24) is 16.3 Å². The number of amides is 3. The van der Waals surface area contributed by atoms with Crippen molar-refractivity contribution >= 4 is 46.4 Å². The summed E-state index contributed by atoms with van der Waals surface area (Å²) in [5.74, 6) is 1.54. The van der Waals surface area contributed by atoms with Gasteiger partial charge in [0.05, 0.1) is 59.7 Å². The van der Waals surface area contributed by atoms with Gasteiger partial charge < -0.3 is 26.0 Å². The molecule has 66 heavy (non-hydrogen) atoms. The van der Waals surface area contributed by atoms with Gasteiger partial charge >= 0.3 is 18.3 Å². The van der Waals surface area contributed by atoms with Crippen LogP contribution in [0, 0.1) is 49.7 Å². The number of aliphatic hydroxyl groups excluding tert-OH is 2. The van der Waals surface area contributed by atoms with Crippen LogP contribution in [0.5, 0.6) is 0 Å². The number of aliphatic carboxylic acids is 1. The van der Waals surface area contributed by atoms with Crippen LogP contribution >= 0.6 is 0 Å². The molecule has 0 radical (unpaired) electrons. The Morgan fingerprint density at radius 2 is 1.02 bits per heavy atom. The number of nitrogens with zero attached hydrogens (tertiary/aromatic N) is 4. The second-order valence-corrected chi connectivity index (χ2v) is 13.3. The molecule has 3 amide bonds. The summed E-state index contributed by atoms with van der Waals surface area (Å²) in [6, 6.07) is 17.0. The van der Waals surface area contributed by atoms with Gasteiger partial charge in [-0.05, 0) is 99.5 Å². The number of hydrazine groups is 2. The van der Waals surface area contributed by atoms with Gasteiger partial charge in [0.25, 0.3) is 17.7 Å². The lowest BCUT2D eigenvalue weighted by atomic mass is 10.0. The number of carboxylic acids is 1. The number of nitrogens with one attached hydrogen (secondary N) is 5. The van der Waals surface area contributed by atoms with Crippen LogP contribution in [0.2, 0.25) is 0 Å². The number of nitrogens with two attached hydrogens (primary N) is 1. The van der Waals surface area contributed by atoms with Crippen LogP contribution in [0.1, 0.15) is 75.4 Å². The van der Waals surface area contributed by atoms with Gasteiger partial charge in [0.2, 0.25) is 0 Å². The predicted octanol–water partition coefficient (Wildman–Crippen LogP) is 6.67.